The summed E-state index contributed by atoms with van der Waals surface area (Å²) in [7, 11) is 0. The monoisotopic (exact) mass is 350 g/mol. The van der Waals surface area contributed by atoms with Crippen LogP contribution in [0.25, 0.3) is 12.2 Å². The molecule has 1 fully saturated rings. The molecule has 0 unspecified atom stereocenters. The highest BCUT2D eigenvalue weighted by molar-refractivity contribution is 5.91. The quantitative estimate of drug-likeness (QED) is 0.768. The number of nitrogens with zero attached hydrogens (tertiary/aromatic N) is 2. The summed E-state index contributed by atoms with van der Waals surface area (Å²) in [5.74, 6) is -0.264. The fourth-order valence-electron chi connectivity index (χ4n) is 2.90. The lowest BCUT2D eigenvalue weighted by molar-refractivity contribution is -0.127. The van der Waals surface area contributed by atoms with Gasteiger partial charge in [-0.25, -0.2) is 4.39 Å². The van der Waals surface area contributed by atoms with Crippen molar-refractivity contribution in [1.82, 2.24) is 9.80 Å². The van der Waals surface area contributed by atoms with E-state index in [4.69, 9.17) is 0 Å². The van der Waals surface area contributed by atoms with E-state index >= 15 is 0 Å². The van der Waals surface area contributed by atoms with Gasteiger partial charge in [-0.05, 0) is 29.3 Å². The Kier molecular flexibility index (Phi) is 6.34. The largest absolute Gasteiger partial charge is 0.337 e. The zero-order chi connectivity index (χ0) is 18.2. The Morgan fingerprint density at radius 3 is 2.23 bits per heavy atom. The first kappa shape index (κ1) is 18.1. The highest BCUT2D eigenvalue weighted by atomic mass is 19.1. The number of carbonyl (C=O) groups excluding carboxylic acids is 1. The van der Waals surface area contributed by atoms with Gasteiger partial charge in [-0.3, -0.25) is 9.69 Å². The number of piperazine rings is 1. The average Bonchev–Trinajstić information content (AvgIpc) is 2.69. The maximum Gasteiger partial charge on any atom is 0.246 e. The van der Waals surface area contributed by atoms with E-state index < -0.39 is 0 Å². The van der Waals surface area contributed by atoms with Crippen molar-refractivity contribution in [3.8, 4) is 0 Å². The van der Waals surface area contributed by atoms with E-state index in [1.165, 1.54) is 17.7 Å². The molecule has 1 saturated heterocycles. The second-order valence-electron chi connectivity index (χ2n) is 6.32. The maximum atomic E-state index is 12.9. The first-order valence-electron chi connectivity index (χ1n) is 8.87. The first-order valence-corrected chi connectivity index (χ1v) is 8.87. The molecule has 0 aromatic heterocycles. The highest BCUT2D eigenvalue weighted by Gasteiger charge is 2.18. The van der Waals surface area contributed by atoms with Crippen LogP contribution < -0.4 is 0 Å². The summed E-state index contributed by atoms with van der Waals surface area (Å²) < 4.78 is 12.9. The van der Waals surface area contributed by atoms with Crippen LogP contribution in [0.15, 0.2) is 66.7 Å². The fourth-order valence-corrected chi connectivity index (χ4v) is 2.90. The Hall–Kier alpha value is -2.72. The SMILES string of the molecule is O=C(C=Cc1ccc(F)cc1)N1CCN(CC=Cc2ccccc2)CC1. The Balaban J connectivity index is 1.43. The second kappa shape index (κ2) is 9.11. The molecule has 2 aromatic rings. The molecule has 1 heterocycles. The molecule has 0 aliphatic carbocycles. The number of benzene rings is 2. The number of carbonyl (C=O) groups is 1. The van der Waals surface area contributed by atoms with Crippen LogP contribution in [0.4, 0.5) is 4.39 Å². The smallest absolute Gasteiger partial charge is 0.246 e. The zero-order valence-electron chi connectivity index (χ0n) is 14.7. The summed E-state index contributed by atoms with van der Waals surface area (Å²) in [6.07, 6.45) is 7.60. The van der Waals surface area contributed by atoms with E-state index in [9.17, 15) is 9.18 Å². The summed E-state index contributed by atoms with van der Waals surface area (Å²) in [6.45, 7) is 4.09. The molecule has 0 spiro atoms. The number of hydrogen-bond acceptors (Lipinski definition) is 2. The third kappa shape index (κ3) is 5.39. The third-order valence-corrected chi connectivity index (χ3v) is 4.45. The van der Waals surface area contributed by atoms with Gasteiger partial charge < -0.3 is 4.90 Å². The van der Waals surface area contributed by atoms with Crippen molar-refractivity contribution in [2.24, 2.45) is 0 Å². The predicted octanol–water partition coefficient (Wildman–Crippen LogP) is 3.70. The van der Waals surface area contributed by atoms with Crippen molar-refractivity contribution in [3.63, 3.8) is 0 Å². The molecule has 1 aliphatic heterocycles. The predicted molar refractivity (Wildman–Crippen MR) is 104 cm³/mol. The Labute approximate surface area is 154 Å². The number of amides is 1. The fraction of sp³-hybridized carbons (Fsp3) is 0.227. The lowest BCUT2D eigenvalue weighted by Gasteiger charge is -2.33. The zero-order valence-corrected chi connectivity index (χ0v) is 14.7. The van der Waals surface area contributed by atoms with Gasteiger partial charge in [-0.15, -0.1) is 0 Å². The minimum Gasteiger partial charge on any atom is -0.337 e. The summed E-state index contributed by atoms with van der Waals surface area (Å²) >= 11 is 0. The molecule has 1 amide bonds. The van der Waals surface area contributed by atoms with Crippen LogP contribution >= 0.6 is 0 Å². The molecule has 3 rings (SSSR count). The minimum absolute atomic E-state index is 0.00815. The molecule has 0 saturated carbocycles. The van der Waals surface area contributed by atoms with E-state index in [1.807, 2.05) is 23.1 Å². The van der Waals surface area contributed by atoms with Crippen molar-refractivity contribution in [3.05, 3.63) is 83.7 Å². The van der Waals surface area contributed by atoms with Gasteiger partial charge in [-0.1, -0.05) is 54.6 Å². The first-order chi connectivity index (χ1) is 12.7. The Bertz CT molecular complexity index is 760. The number of halogens is 1. The topological polar surface area (TPSA) is 23.6 Å². The van der Waals surface area contributed by atoms with Gasteiger partial charge in [0.05, 0.1) is 0 Å². The van der Waals surface area contributed by atoms with Gasteiger partial charge in [0.15, 0.2) is 0 Å². The molecule has 0 radical (unpaired) electrons. The van der Waals surface area contributed by atoms with E-state index in [0.29, 0.717) is 0 Å². The average molecular weight is 350 g/mol. The molecule has 0 atom stereocenters. The summed E-state index contributed by atoms with van der Waals surface area (Å²) in [5, 5.41) is 0. The normalized spacial score (nSPS) is 15.8. The van der Waals surface area contributed by atoms with Crippen LogP contribution in [0.1, 0.15) is 11.1 Å². The molecular formula is C22H23FN2O. The summed E-state index contributed by atoms with van der Waals surface area (Å²) in [6, 6.07) is 16.4. The molecule has 3 nitrogen and oxygen atoms in total. The molecule has 0 bridgehead atoms. The van der Waals surface area contributed by atoms with Crippen LogP contribution in [-0.4, -0.2) is 48.4 Å². The van der Waals surface area contributed by atoms with Crippen LogP contribution in [0.3, 0.4) is 0 Å². The standard InChI is InChI=1S/C22H23FN2O/c23-21-11-8-20(9-12-21)10-13-22(26)25-17-15-24(16-18-25)14-4-7-19-5-2-1-3-6-19/h1-13H,14-18H2. The van der Waals surface area contributed by atoms with E-state index in [-0.39, 0.29) is 11.7 Å². The van der Waals surface area contributed by atoms with Gasteiger partial charge in [-0.2, -0.15) is 0 Å². The highest BCUT2D eigenvalue weighted by Crippen LogP contribution is 2.08. The van der Waals surface area contributed by atoms with Crippen molar-refractivity contribution in [1.29, 1.82) is 0 Å². The Morgan fingerprint density at radius 1 is 0.885 bits per heavy atom. The van der Waals surface area contributed by atoms with Crippen molar-refractivity contribution in [2.75, 3.05) is 32.7 Å². The molecule has 2 aromatic carbocycles. The maximum absolute atomic E-state index is 12.9. The molecule has 0 N–H and O–H groups in total. The lowest BCUT2D eigenvalue weighted by Crippen LogP contribution is -2.48. The van der Waals surface area contributed by atoms with Crippen molar-refractivity contribution in [2.45, 2.75) is 0 Å². The molecule has 134 valence electrons. The van der Waals surface area contributed by atoms with Gasteiger partial charge in [0, 0.05) is 38.8 Å². The van der Waals surface area contributed by atoms with Crippen LogP contribution in [0.5, 0.6) is 0 Å². The van der Waals surface area contributed by atoms with Gasteiger partial charge in [0.1, 0.15) is 5.82 Å². The summed E-state index contributed by atoms with van der Waals surface area (Å²) in [4.78, 5) is 16.5. The van der Waals surface area contributed by atoms with E-state index in [2.05, 4.69) is 29.2 Å². The summed E-state index contributed by atoms with van der Waals surface area (Å²) in [5.41, 5.74) is 2.02. The molecule has 26 heavy (non-hydrogen) atoms. The molecule has 4 heteroatoms. The van der Waals surface area contributed by atoms with Gasteiger partial charge in [0.25, 0.3) is 0 Å². The van der Waals surface area contributed by atoms with Gasteiger partial charge >= 0.3 is 0 Å². The molecular weight excluding hydrogens is 327 g/mol. The third-order valence-electron chi connectivity index (χ3n) is 4.45. The second-order valence-corrected chi connectivity index (χ2v) is 6.32. The van der Waals surface area contributed by atoms with E-state index in [0.717, 1.165) is 38.3 Å². The van der Waals surface area contributed by atoms with Crippen LogP contribution in [0, 0.1) is 5.82 Å². The van der Waals surface area contributed by atoms with Gasteiger partial charge in [0.2, 0.25) is 5.91 Å². The number of rotatable bonds is 5. The Morgan fingerprint density at radius 2 is 1.54 bits per heavy atom. The lowest BCUT2D eigenvalue weighted by atomic mass is 10.2. The van der Waals surface area contributed by atoms with Crippen LogP contribution in [-0.2, 0) is 4.79 Å². The van der Waals surface area contributed by atoms with Crippen molar-refractivity contribution >= 4 is 18.1 Å². The van der Waals surface area contributed by atoms with E-state index in [1.54, 1.807) is 24.3 Å². The minimum atomic E-state index is -0.272. The van der Waals surface area contributed by atoms with Crippen LogP contribution in [0.2, 0.25) is 0 Å². The molecule has 1 aliphatic rings. The van der Waals surface area contributed by atoms with Crippen molar-refractivity contribution < 1.29 is 9.18 Å². The number of hydrogen-bond donors (Lipinski definition) is 0.